The fourth-order valence-corrected chi connectivity index (χ4v) is 1.60. The van der Waals surface area contributed by atoms with Crippen molar-refractivity contribution in [3.05, 3.63) is 11.8 Å². The Morgan fingerprint density at radius 3 is 2.86 bits per heavy atom. The Hall–Kier alpha value is -0.830. The van der Waals surface area contributed by atoms with Gasteiger partial charge in [-0.05, 0) is 33.2 Å². The van der Waals surface area contributed by atoms with Gasteiger partial charge in [-0.25, -0.2) is 4.99 Å². The molecule has 0 amide bonds. The Kier molecular flexibility index (Phi) is 4.66. The van der Waals surface area contributed by atoms with Crippen LogP contribution in [0.25, 0.3) is 0 Å². The topological polar surface area (TPSA) is 33.6 Å². The highest BCUT2D eigenvalue weighted by Crippen LogP contribution is 2.14. The number of methoxy groups -OCH3 is 1. The summed E-state index contributed by atoms with van der Waals surface area (Å²) in [6.07, 6.45) is 4.38. The Balaban J connectivity index is 2.64. The molecule has 1 heterocycles. The van der Waals surface area contributed by atoms with Gasteiger partial charge < -0.3 is 10.1 Å². The number of piperidine rings is 1. The molecule has 0 aliphatic carbocycles. The minimum absolute atomic E-state index is 0.448. The summed E-state index contributed by atoms with van der Waals surface area (Å²) in [5, 5.41) is 3.36. The average molecular weight is 196 g/mol. The molecule has 1 atom stereocenters. The molecule has 1 unspecified atom stereocenters. The standard InChI is InChI=1S/C11H20N2O/c1-4-9(2)13-11(14-3)10-6-5-7-12-8-10/h4,10,12H,5-8H2,1-3H3/b9-4-,13-11?. The number of nitrogens with zero attached hydrogens (tertiary/aromatic N) is 1. The zero-order valence-corrected chi connectivity index (χ0v) is 9.34. The molecule has 1 aliphatic heterocycles. The highest BCUT2D eigenvalue weighted by molar-refractivity contribution is 5.80. The van der Waals surface area contributed by atoms with Crippen molar-refractivity contribution in [2.75, 3.05) is 20.2 Å². The maximum absolute atomic E-state index is 5.33. The van der Waals surface area contributed by atoms with Crippen LogP contribution in [0.2, 0.25) is 0 Å². The summed E-state index contributed by atoms with van der Waals surface area (Å²) >= 11 is 0. The van der Waals surface area contributed by atoms with E-state index in [-0.39, 0.29) is 0 Å². The summed E-state index contributed by atoms with van der Waals surface area (Å²) in [6.45, 7) is 6.10. The van der Waals surface area contributed by atoms with E-state index >= 15 is 0 Å². The Morgan fingerprint density at radius 2 is 2.36 bits per heavy atom. The molecule has 0 spiro atoms. The average Bonchev–Trinajstić information content (AvgIpc) is 2.26. The normalized spacial score (nSPS) is 24.9. The summed E-state index contributed by atoms with van der Waals surface area (Å²) in [5.41, 5.74) is 1.02. The van der Waals surface area contributed by atoms with Crippen LogP contribution < -0.4 is 5.32 Å². The van der Waals surface area contributed by atoms with Crippen LogP contribution in [0, 0.1) is 5.92 Å². The Labute approximate surface area is 86.3 Å². The molecule has 80 valence electrons. The van der Waals surface area contributed by atoms with Gasteiger partial charge in [0.2, 0.25) is 0 Å². The van der Waals surface area contributed by atoms with Crippen molar-refractivity contribution in [3.8, 4) is 0 Å². The molecular weight excluding hydrogens is 176 g/mol. The molecule has 1 saturated heterocycles. The second-order valence-electron chi connectivity index (χ2n) is 3.63. The number of ether oxygens (including phenoxy) is 1. The van der Waals surface area contributed by atoms with Crippen molar-refractivity contribution in [1.82, 2.24) is 5.32 Å². The number of allylic oxidation sites excluding steroid dienone is 2. The van der Waals surface area contributed by atoms with Gasteiger partial charge in [0, 0.05) is 18.2 Å². The molecule has 0 saturated carbocycles. The van der Waals surface area contributed by atoms with Gasteiger partial charge in [0.15, 0.2) is 5.90 Å². The molecular formula is C11H20N2O. The van der Waals surface area contributed by atoms with Gasteiger partial charge in [-0.15, -0.1) is 0 Å². The van der Waals surface area contributed by atoms with E-state index < -0.39 is 0 Å². The van der Waals surface area contributed by atoms with Crippen LogP contribution >= 0.6 is 0 Å². The summed E-state index contributed by atoms with van der Waals surface area (Å²) in [5.74, 6) is 1.32. The van der Waals surface area contributed by atoms with Gasteiger partial charge >= 0.3 is 0 Å². The minimum Gasteiger partial charge on any atom is -0.484 e. The van der Waals surface area contributed by atoms with Crippen LogP contribution in [-0.4, -0.2) is 26.1 Å². The highest BCUT2D eigenvalue weighted by atomic mass is 16.5. The van der Waals surface area contributed by atoms with Crippen LogP contribution in [0.3, 0.4) is 0 Å². The largest absolute Gasteiger partial charge is 0.484 e. The molecule has 3 heteroatoms. The smallest absolute Gasteiger partial charge is 0.192 e. The van der Waals surface area contributed by atoms with Crippen LogP contribution in [0.4, 0.5) is 0 Å². The third-order valence-corrected chi connectivity index (χ3v) is 2.56. The van der Waals surface area contributed by atoms with E-state index in [1.807, 2.05) is 19.9 Å². The molecule has 0 aromatic heterocycles. The van der Waals surface area contributed by atoms with Crippen molar-refractivity contribution in [3.63, 3.8) is 0 Å². The molecule has 0 aromatic rings. The zero-order valence-electron chi connectivity index (χ0n) is 9.34. The van der Waals surface area contributed by atoms with E-state index in [0.717, 1.165) is 24.7 Å². The van der Waals surface area contributed by atoms with Crippen molar-refractivity contribution in [2.24, 2.45) is 10.9 Å². The summed E-state index contributed by atoms with van der Waals surface area (Å²) < 4.78 is 5.33. The van der Waals surface area contributed by atoms with E-state index in [1.54, 1.807) is 7.11 Å². The highest BCUT2D eigenvalue weighted by Gasteiger charge is 2.19. The van der Waals surface area contributed by atoms with E-state index in [4.69, 9.17) is 4.74 Å². The molecule has 0 aromatic carbocycles. The maximum atomic E-state index is 5.33. The van der Waals surface area contributed by atoms with Crippen LogP contribution in [-0.2, 0) is 4.74 Å². The van der Waals surface area contributed by atoms with Crippen molar-refractivity contribution < 1.29 is 4.74 Å². The SMILES string of the molecule is C/C=C(/C)N=C(OC)C1CCCNC1. The van der Waals surface area contributed by atoms with E-state index in [0.29, 0.717) is 5.92 Å². The molecule has 1 fully saturated rings. The lowest BCUT2D eigenvalue weighted by atomic mass is 9.99. The van der Waals surface area contributed by atoms with Gasteiger partial charge in [0.1, 0.15) is 0 Å². The summed E-state index contributed by atoms with van der Waals surface area (Å²) in [7, 11) is 1.70. The molecule has 0 bridgehead atoms. The van der Waals surface area contributed by atoms with Gasteiger partial charge in [0.25, 0.3) is 0 Å². The van der Waals surface area contributed by atoms with E-state index in [2.05, 4.69) is 10.3 Å². The van der Waals surface area contributed by atoms with Crippen molar-refractivity contribution in [1.29, 1.82) is 0 Å². The predicted octanol–water partition coefficient (Wildman–Crippen LogP) is 1.95. The second-order valence-corrected chi connectivity index (χ2v) is 3.63. The third kappa shape index (κ3) is 3.14. The number of aliphatic imine (C=N–C) groups is 1. The van der Waals surface area contributed by atoms with E-state index in [1.165, 1.54) is 12.8 Å². The number of hydrogen-bond acceptors (Lipinski definition) is 3. The fourth-order valence-electron chi connectivity index (χ4n) is 1.60. The molecule has 1 rings (SSSR count). The molecule has 14 heavy (non-hydrogen) atoms. The van der Waals surface area contributed by atoms with Crippen LogP contribution in [0.1, 0.15) is 26.7 Å². The quantitative estimate of drug-likeness (QED) is 0.541. The lowest BCUT2D eigenvalue weighted by Gasteiger charge is -2.23. The molecule has 3 nitrogen and oxygen atoms in total. The molecule has 1 N–H and O–H groups in total. The van der Waals surface area contributed by atoms with Crippen LogP contribution in [0.15, 0.2) is 16.8 Å². The van der Waals surface area contributed by atoms with Crippen LogP contribution in [0.5, 0.6) is 0 Å². The summed E-state index contributed by atoms with van der Waals surface area (Å²) in [4.78, 5) is 4.45. The van der Waals surface area contributed by atoms with Crippen molar-refractivity contribution in [2.45, 2.75) is 26.7 Å². The fraction of sp³-hybridized carbons (Fsp3) is 0.727. The first kappa shape index (κ1) is 11.2. The van der Waals surface area contributed by atoms with Gasteiger partial charge in [0.05, 0.1) is 7.11 Å². The number of hydrogen-bond donors (Lipinski definition) is 1. The molecule has 1 aliphatic rings. The van der Waals surface area contributed by atoms with Gasteiger partial charge in [-0.3, -0.25) is 0 Å². The first-order valence-corrected chi connectivity index (χ1v) is 5.24. The lowest BCUT2D eigenvalue weighted by Crippen LogP contribution is -2.35. The van der Waals surface area contributed by atoms with E-state index in [9.17, 15) is 0 Å². The van der Waals surface area contributed by atoms with Crippen molar-refractivity contribution >= 4 is 5.90 Å². The first-order valence-electron chi connectivity index (χ1n) is 5.24. The predicted molar refractivity (Wildman–Crippen MR) is 59.5 cm³/mol. The minimum atomic E-state index is 0.448. The monoisotopic (exact) mass is 196 g/mol. The van der Waals surface area contributed by atoms with Gasteiger partial charge in [-0.1, -0.05) is 6.08 Å². The Morgan fingerprint density at radius 1 is 1.57 bits per heavy atom. The van der Waals surface area contributed by atoms with Gasteiger partial charge in [-0.2, -0.15) is 0 Å². The second kappa shape index (κ2) is 5.81. The summed E-state index contributed by atoms with van der Waals surface area (Å²) in [6, 6.07) is 0. The Bertz CT molecular complexity index is 227. The first-order chi connectivity index (χ1) is 6.77. The molecule has 0 radical (unpaired) electrons. The number of rotatable bonds is 2. The number of nitrogens with one attached hydrogen (secondary N) is 1. The maximum Gasteiger partial charge on any atom is 0.192 e. The lowest BCUT2D eigenvalue weighted by molar-refractivity contribution is 0.334. The third-order valence-electron chi connectivity index (χ3n) is 2.56. The zero-order chi connectivity index (χ0) is 10.4.